The fraction of sp³-hybridized carbons (Fsp3) is 0.333. The first-order chi connectivity index (χ1) is 8.59. The molecule has 0 aliphatic heterocycles. The van der Waals surface area contributed by atoms with Gasteiger partial charge in [0.1, 0.15) is 11.5 Å². The molecule has 0 aliphatic carbocycles. The van der Waals surface area contributed by atoms with Crippen LogP contribution in [0.4, 0.5) is 14.5 Å². The summed E-state index contributed by atoms with van der Waals surface area (Å²) in [5.74, 6) is -3.58. The van der Waals surface area contributed by atoms with Crippen molar-refractivity contribution in [1.29, 1.82) is 0 Å². The predicted molar refractivity (Wildman–Crippen MR) is 68.1 cm³/mol. The molecule has 1 aromatic carbocycles. The van der Waals surface area contributed by atoms with Crippen LogP contribution in [0.2, 0.25) is 10.0 Å². The molecule has 0 bridgehead atoms. The molecule has 0 heterocycles. The van der Waals surface area contributed by atoms with E-state index < -0.39 is 34.0 Å². The van der Waals surface area contributed by atoms with Crippen LogP contribution in [-0.4, -0.2) is 32.6 Å². The second-order valence-corrected chi connectivity index (χ2v) is 6.19. The molecule has 0 aliphatic rings. The summed E-state index contributed by atoms with van der Waals surface area (Å²) in [5, 5.41) is 8.18. The number of aliphatic hydroxyl groups is 1. The number of nitrogen functional groups attached to an aromatic ring is 1. The Hall–Kier alpha value is -0.670. The number of alkyl halides is 2. The van der Waals surface area contributed by atoms with Gasteiger partial charge in [0.05, 0.1) is 17.3 Å². The molecule has 0 aromatic heterocycles. The van der Waals surface area contributed by atoms with Gasteiger partial charge in [-0.25, -0.2) is 21.9 Å². The lowest BCUT2D eigenvalue weighted by Crippen LogP contribution is -2.39. The van der Waals surface area contributed by atoms with Gasteiger partial charge in [0.15, 0.2) is 0 Å². The lowest BCUT2D eigenvalue weighted by atomic mass is 10.3. The van der Waals surface area contributed by atoms with Crippen molar-refractivity contribution in [3.63, 3.8) is 0 Å². The summed E-state index contributed by atoms with van der Waals surface area (Å²) < 4.78 is 50.9. The first-order valence-electron chi connectivity index (χ1n) is 4.82. The van der Waals surface area contributed by atoms with Crippen LogP contribution in [0.1, 0.15) is 0 Å². The Morgan fingerprint density at radius 3 is 2.42 bits per heavy atom. The maximum absolute atomic E-state index is 12.8. The number of halogens is 4. The molecule has 0 amide bonds. The van der Waals surface area contributed by atoms with Gasteiger partial charge in [-0.2, -0.15) is 0 Å². The number of nitrogens with one attached hydrogen (secondary N) is 1. The van der Waals surface area contributed by atoms with E-state index >= 15 is 0 Å². The number of nitrogens with two attached hydrogens (primary N) is 1. The van der Waals surface area contributed by atoms with Gasteiger partial charge in [-0.15, -0.1) is 0 Å². The molecule has 0 fully saturated rings. The molecule has 19 heavy (non-hydrogen) atoms. The Labute approximate surface area is 118 Å². The summed E-state index contributed by atoms with van der Waals surface area (Å²) in [4.78, 5) is -0.535. The van der Waals surface area contributed by atoms with Crippen LogP contribution in [-0.2, 0) is 10.0 Å². The highest BCUT2D eigenvalue weighted by Crippen LogP contribution is 2.31. The average Bonchev–Trinajstić information content (AvgIpc) is 2.25. The molecule has 5 nitrogen and oxygen atoms in total. The monoisotopic (exact) mass is 334 g/mol. The summed E-state index contributed by atoms with van der Waals surface area (Å²) >= 11 is 11.3. The molecule has 0 atom stereocenters. The fourth-order valence-electron chi connectivity index (χ4n) is 1.19. The molecular formula is C9H10Cl2F2N2O3S. The lowest BCUT2D eigenvalue weighted by Gasteiger charge is -2.15. The lowest BCUT2D eigenvalue weighted by molar-refractivity contribution is -0.0437. The van der Waals surface area contributed by atoms with E-state index in [1.54, 1.807) is 4.72 Å². The van der Waals surface area contributed by atoms with Crippen molar-refractivity contribution >= 4 is 38.9 Å². The maximum Gasteiger partial charge on any atom is 0.283 e. The Kier molecular flexibility index (Phi) is 4.97. The third-order valence-corrected chi connectivity index (χ3v) is 4.20. The van der Waals surface area contributed by atoms with Gasteiger partial charge in [-0.05, 0) is 12.1 Å². The molecule has 0 spiro atoms. The van der Waals surface area contributed by atoms with Crippen molar-refractivity contribution in [1.82, 2.24) is 4.72 Å². The molecule has 0 radical (unpaired) electrons. The molecule has 0 saturated heterocycles. The molecule has 1 rings (SSSR count). The quantitative estimate of drug-likeness (QED) is 0.711. The van der Waals surface area contributed by atoms with Crippen molar-refractivity contribution in [2.45, 2.75) is 10.8 Å². The summed E-state index contributed by atoms with van der Waals surface area (Å²) in [5.41, 5.74) is 5.19. The van der Waals surface area contributed by atoms with Gasteiger partial charge in [-0.3, -0.25) is 0 Å². The second-order valence-electron chi connectivity index (χ2n) is 3.64. The molecule has 0 saturated carbocycles. The van der Waals surface area contributed by atoms with E-state index in [0.29, 0.717) is 0 Å². The zero-order chi connectivity index (χ0) is 14.8. The third kappa shape index (κ3) is 4.15. The van der Waals surface area contributed by atoms with Crippen LogP contribution < -0.4 is 10.5 Å². The van der Waals surface area contributed by atoms with Gasteiger partial charge < -0.3 is 10.8 Å². The minimum absolute atomic E-state index is 0.113. The highest BCUT2D eigenvalue weighted by molar-refractivity contribution is 7.89. The van der Waals surface area contributed by atoms with E-state index in [9.17, 15) is 17.2 Å². The minimum atomic E-state index is -4.34. The normalized spacial score (nSPS) is 12.7. The minimum Gasteiger partial charge on any atom is -0.398 e. The number of rotatable bonds is 5. The number of hydrogen-bond donors (Lipinski definition) is 3. The van der Waals surface area contributed by atoms with Gasteiger partial charge in [-0.1, -0.05) is 23.2 Å². The Morgan fingerprint density at radius 1 is 1.37 bits per heavy atom. The van der Waals surface area contributed by atoms with Crippen LogP contribution in [0, 0.1) is 0 Å². The molecule has 0 unspecified atom stereocenters. The van der Waals surface area contributed by atoms with Crippen molar-refractivity contribution in [2.75, 3.05) is 18.9 Å². The highest BCUT2D eigenvalue weighted by Gasteiger charge is 2.31. The van der Waals surface area contributed by atoms with E-state index in [1.165, 1.54) is 0 Å². The predicted octanol–water partition coefficient (Wildman–Crippen LogP) is 1.48. The topological polar surface area (TPSA) is 92.4 Å². The van der Waals surface area contributed by atoms with Crippen molar-refractivity contribution in [2.24, 2.45) is 0 Å². The number of anilines is 1. The first kappa shape index (κ1) is 16.4. The molecule has 10 heteroatoms. The summed E-state index contributed by atoms with van der Waals surface area (Å²) in [6, 6.07) is 2.25. The Morgan fingerprint density at radius 2 is 1.95 bits per heavy atom. The zero-order valence-electron chi connectivity index (χ0n) is 9.33. The van der Waals surface area contributed by atoms with E-state index in [4.69, 9.17) is 34.0 Å². The van der Waals surface area contributed by atoms with E-state index in [-0.39, 0.29) is 15.7 Å². The third-order valence-electron chi connectivity index (χ3n) is 2.06. The molecule has 1 aromatic rings. The van der Waals surface area contributed by atoms with Gasteiger partial charge in [0.25, 0.3) is 5.92 Å². The second kappa shape index (κ2) is 5.76. The van der Waals surface area contributed by atoms with Crippen LogP contribution in [0.15, 0.2) is 17.0 Å². The van der Waals surface area contributed by atoms with E-state index in [2.05, 4.69) is 0 Å². The average molecular weight is 335 g/mol. The maximum atomic E-state index is 12.8. The Balaban J connectivity index is 3.09. The highest BCUT2D eigenvalue weighted by atomic mass is 35.5. The van der Waals surface area contributed by atoms with E-state index in [0.717, 1.165) is 12.1 Å². The standard InChI is InChI=1S/C9H10Cl2F2N2O3S/c10-5-1-6(11)8(7(14)2-5)19(17,18)15-3-9(12,13)4-16/h1-2,15-16H,3-4,14H2. The molecular weight excluding hydrogens is 325 g/mol. The van der Waals surface area contributed by atoms with Crippen molar-refractivity contribution in [3.05, 3.63) is 22.2 Å². The number of aliphatic hydroxyl groups excluding tert-OH is 1. The summed E-state index contributed by atoms with van der Waals surface area (Å²) in [7, 11) is -4.34. The number of sulfonamides is 1. The molecule has 108 valence electrons. The van der Waals surface area contributed by atoms with Crippen LogP contribution in [0.5, 0.6) is 0 Å². The number of hydrogen-bond acceptors (Lipinski definition) is 4. The Bertz CT molecular complexity index is 558. The van der Waals surface area contributed by atoms with Crippen LogP contribution in [0.3, 0.4) is 0 Å². The van der Waals surface area contributed by atoms with E-state index in [1.807, 2.05) is 0 Å². The fourth-order valence-corrected chi connectivity index (χ4v) is 3.24. The number of benzene rings is 1. The van der Waals surface area contributed by atoms with Gasteiger partial charge >= 0.3 is 0 Å². The largest absolute Gasteiger partial charge is 0.398 e. The zero-order valence-corrected chi connectivity index (χ0v) is 11.7. The van der Waals surface area contributed by atoms with Crippen LogP contribution in [0.25, 0.3) is 0 Å². The van der Waals surface area contributed by atoms with Crippen LogP contribution >= 0.6 is 23.2 Å². The van der Waals surface area contributed by atoms with Gasteiger partial charge in [0.2, 0.25) is 10.0 Å². The smallest absolute Gasteiger partial charge is 0.283 e. The van der Waals surface area contributed by atoms with Crippen molar-refractivity contribution < 1.29 is 22.3 Å². The summed E-state index contributed by atoms with van der Waals surface area (Å²) in [6.07, 6.45) is 0. The van der Waals surface area contributed by atoms with Crippen molar-refractivity contribution in [3.8, 4) is 0 Å². The first-order valence-corrected chi connectivity index (χ1v) is 7.06. The summed E-state index contributed by atoms with van der Waals surface area (Å²) in [6.45, 7) is -2.76. The molecule has 4 N–H and O–H groups in total. The SMILES string of the molecule is Nc1cc(Cl)cc(Cl)c1S(=O)(=O)NCC(F)(F)CO. The van der Waals surface area contributed by atoms with Gasteiger partial charge in [0, 0.05) is 5.02 Å².